The molecule has 1 heteroatoms. The second kappa shape index (κ2) is 14.2. The van der Waals surface area contributed by atoms with Gasteiger partial charge in [-0.05, 0) is 124 Å². The van der Waals surface area contributed by atoms with Gasteiger partial charge in [0, 0.05) is 11.1 Å². The van der Waals surface area contributed by atoms with Crippen molar-refractivity contribution in [2.45, 2.75) is 0 Å². The van der Waals surface area contributed by atoms with Gasteiger partial charge in [-0.3, -0.25) is 0 Å². The summed E-state index contributed by atoms with van der Waals surface area (Å²) in [7, 11) is 0. The lowest BCUT2D eigenvalue weighted by Gasteiger charge is -2.19. The van der Waals surface area contributed by atoms with Gasteiger partial charge in [0.05, 0.1) is 11.4 Å². The zero-order chi connectivity index (χ0) is 38.4. The van der Waals surface area contributed by atoms with Crippen LogP contribution in [-0.4, -0.2) is 4.98 Å². The summed E-state index contributed by atoms with van der Waals surface area (Å²) in [4.78, 5) is 5.26. The molecule has 0 aliphatic heterocycles. The Balaban J connectivity index is 1.14. The van der Waals surface area contributed by atoms with Crippen LogP contribution in [0, 0.1) is 0 Å². The first-order valence-corrected chi connectivity index (χ1v) is 19.9. The molecule has 0 spiro atoms. The zero-order valence-electron chi connectivity index (χ0n) is 31.8. The number of pyridine rings is 1. The molecule has 0 saturated heterocycles. The third kappa shape index (κ3) is 6.02. The molecular weight excluding hydrogens is 699 g/mol. The minimum absolute atomic E-state index is 0.948. The van der Waals surface area contributed by atoms with Gasteiger partial charge in [0.15, 0.2) is 0 Å². The fourth-order valence-corrected chi connectivity index (χ4v) is 8.76. The highest BCUT2D eigenvalue weighted by atomic mass is 14.7. The Morgan fingerprint density at radius 3 is 1.29 bits per heavy atom. The van der Waals surface area contributed by atoms with Gasteiger partial charge < -0.3 is 0 Å². The molecule has 0 saturated carbocycles. The average molecular weight is 736 g/mol. The molecule has 0 unspecified atom stereocenters. The summed E-state index contributed by atoms with van der Waals surface area (Å²) in [6.07, 6.45) is 0. The van der Waals surface area contributed by atoms with Crippen LogP contribution in [0.5, 0.6) is 0 Å². The molecule has 1 nitrogen and oxygen atoms in total. The smallest absolute Gasteiger partial charge is 0.0715 e. The summed E-state index contributed by atoms with van der Waals surface area (Å²) in [5.74, 6) is 0. The molecule has 270 valence electrons. The molecule has 0 N–H and O–H groups in total. The van der Waals surface area contributed by atoms with E-state index in [4.69, 9.17) is 4.98 Å². The lowest BCUT2D eigenvalue weighted by Crippen LogP contribution is -1.93. The maximum atomic E-state index is 5.26. The summed E-state index contributed by atoms with van der Waals surface area (Å²) in [6, 6.07) is 81.5. The Kier molecular flexibility index (Phi) is 8.23. The van der Waals surface area contributed by atoms with Crippen molar-refractivity contribution in [3.8, 4) is 67.0 Å². The van der Waals surface area contributed by atoms with E-state index in [0.717, 1.165) is 33.6 Å². The molecule has 0 radical (unpaired) electrons. The number of hydrogen-bond acceptors (Lipinski definition) is 1. The molecule has 0 amide bonds. The number of rotatable bonds is 6. The normalized spacial score (nSPS) is 11.4. The Morgan fingerprint density at radius 1 is 0.207 bits per heavy atom. The molecule has 0 aliphatic carbocycles. The van der Waals surface area contributed by atoms with E-state index >= 15 is 0 Å². The Morgan fingerprint density at radius 2 is 0.655 bits per heavy atom. The third-order valence-corrected chi connectivity index (χ3v) is 11.6. The van der Waals surface area contributed by atoms with E-state index in [2.05, 4.69) is 224 Å². The number of hydrogen-bond donors (Lipinski definition) is 0. The van der Waals surface area contributed by atoms with Crippen molar-refractivity contribution in [3.05, 3.63) is 224 Å². The van der Waals surface area contributed by atoms with Gasteiger partial charge in [0.1, 0.15) is 0 Å². The van der Waals surface area contributed by atoms with Gasteiger partial charge in [-0.1, -0.05) is 188 Å². The Hall–Kier alpha value is -7.61. The Bertz CT molecular complexity index is 3270. The highest BCUT2D eigenvalue weighted by Crippen LogP contribution is 2.46. The summed E-state index contributed by atoms with van der Waals surface area (Å²) >= 11 is 0. The molecule has 0 aliphatic rings. The van der Waals surface area contributed by atoms with Crippen molar-refractivity contribution in [2.75, 3.05) is 0 Å². The molecule has 10 aromatic carbocycles. The monoisotopic (exact) mass is 735 g/mol. The van der Waals surface area contributed by atoms with Gasteiger partial charge in [-0.2, -0.15) is 0 Å². The summed E-state index contributed by atoms with van der Waals surface area (Å²) in [5.41, 5.74) is 13.7. The predicted octanol–water partition coefficient (Wildman–Crippen LogP) is 15.7. The number of fused-ring (bicyclic) bond motifs is 4. The summed E-state index contributed by atoms with van der Waals surface area (Å²) in [6.45, 7) is 0. The zero-order valence-corrected chi connectivity index (χ0v) is 31.8. The van der Waals surface area contributed by atoms with E-state index in [-0.39, 0.29) is 0 Å². The molecule has 1 aromatic heterocycles. The fraction of sp³-hybridized carbons (Fsp3) is 0. The van der Waals surface area contributed by atoms with Gasteiger partial charge in [-0.15, -0.1) is 0 Å². The maximum absolute atomic E-state index is 5.26. The van der Waals surface area contributed by atoms with Crippen molar-refractivity contribution in [2.24, 2.45) is 0 Å². The highest BCUT2D eigenvalue weighted by Gasteiger charge is 2.19. The minimum atomic E-state index is 0.948. The first kappa shape index (κ1) is 33.7. The molecule has 1 heterocycles. The number of aromatic nitrogens is 1. The van der Waals surface area contributed by atoms with Crippen molar-refractivity contribution in [1.82, 2.24) is 4.98 Å². The van der Waals surface area contributed by atoms with Crippen molar-refractivity contribution < 1.29 is 0 Å². The van der Waals surface area contributed by atoms with E-state index in [1.54, 1.807) is 0 Å². The van der Waals surface area contributed by atoms with Crippen LogP contribution in [-0.2, 0) is 0 Å². The topological polar surface area (TPSA) is 12.9 Å². The van der Waals surface area contributed by atoms with Crippen LogP contribution in [0.3, 0.4) is 0 Å². The Labute approximate surface area is 338 Å². The van der Waals surface area contributed by atoms with Crippen LogP contribution in [0.1, 0.15) is 0 Å². The number of benzene rings is 10. The summed E-state index contributed by atoms with van der Waals surface area (Å²) < 4.78 is 0. The van der Waals surface area contributed by atoms with Crippen LogP contribution in [0.4, 0.5) is 0 Å². The van der Waals surface area contributed by atoms with Gasteiger partial charge >= 0.3 is 0 Å². The van der Waals surface area contributed by atoms with E-state index in [9.17, 15) is 0 Å². The van der Waals surface area contributed by atoms with Crippen LogP contribution >= 0.6 is 0 Å². The van der Waals surface area contributed by atoms with E-state index in [0.29, 0.717) is 0 Å². The first-order valence-electron chi connectivity index (χ1n) is 19.9. The van der Waals surface area contributed by atoms with E-state index in [1.807, 2.05) is 0 Å². The van der Waals surface area contributed by atoms with Crippen molar-refractivity contribution in [3.63, 3.8) is 0 Å². The quantitative estimate of drug-likeness (QED) is 0.155. The lowest BCUT2D eigenvalue weighted by molar-refractivity contribution is 1.32. The first-order chi connectivity index (χ1) is 28.7. The predicted molar refractivity (Wildman–Crippen MR) is 247 cm³/mol. The van der Waals surface area contributed by atoms with E-state index in [1.165, 1.54) is 76.5 Å². The average Bonchev–Trinajstić information content (AvgIpc) is 3.30. The molecule has 11 aromatic rings. The third-order valence-electron chi connectivity index (χ3n) is 11.6. The molecule has 58 heavy (non-hydrogen) atoms. The molecule has 0 fully saturated rings. The largest absolute Gasteiger partial charge is 0.248 e. The van der Waals surface area contributed by atoms with Crippen molar-refractivity contribution >= 4 is 43.1 Å². The summed E-state index contributed by atoms with van der Waals surface area (Å²) in [5, 5.41) is 9.93. The van der Waals surface area contributed by atoms with Crippen LogP contribution in [0.25, 0.3) is 110 Å². The van der Waals surface area contributed by atoms with Crippen LogP contribution in [0.2, 0.25) is 0 Å². The molecule has 11 rings (SSSR count). The second-order valence-corrected chi connectivity index (χ2v) is 15.1. The molecule has 0 atom stereocenters. The highest BCUT2D eigenvalue weighted by molar-refractivity contribution is 6.22. The van der Waals surface area contributed by atoms with Crippen LogP contribution in [0.15, 0.2) is 224 Å². The second-order valence-electron chi connectivity index (χ2n) is 15.1. The molecule has 0 bridgehead atoms. The van der Waals surface area contributed by atoms with E-state index < -0.39 is 0 Å². The van der Waals surface area contributed by atoms with Gasteiger partial charge in [0.2, 0.25) is 0 Å². The van der Waals surface area contributed by atoms with Gasteiger partial charge in [-0.25, -0.2) is 4.98 Å². The van der Waals surface area contributed by atoms with Crippen molar-refractivity contribution in [1.29, 1.82) is 0 Å². The minimum Gasteiger partial charge on any atom is -0.248 e. The van der Waals surface area contributed by atoms with Crippen LogP contribution < -0.4 is 0 Å². The maximum Gasteiger partial charge on any atom is 0.0715 e. The SMILES string of the molecule is c1ccc(-c2cc(-c3ccccc3)nc(-c3cccc(-c4ccc5c(-c6ccc7ccccc7c6)c6ccccc6c(-c6ccc7ccccc7c6)c5c4)c3)c2)cc1. The number of nitrogens with zero attached hydrogens (tertiary/aromatic N) is 1. The fourth-order valence-electron chi connectivity index (χ4n) is 8.76. The lowest BCUT2D eigenvalue weighted by atomic mass is 9.84. The van der Waals surface area contributed by atoms with Gasteiger partial charge in [0.25, 0.3) is 0 Å². The standard InChI is InChI=1S/C57H37N/c1-3-14-38(15-4-1)49-36-54(41-18-5-2-6-19-41)58-55(37-49)46-23-13-22-44(32-46)45-30-31-52-53(35-45)57(48-29-27-40-17-8-10-21-43(40)34-48)51-25-12-11-24-50(51)56(52)47-28-26-39-16-7-9-20-42(39)33-47/h1-37H. The molecular formula is C57H37N.